The molecule has 0 aliphatic carbocycles. The van der Waals surface area contributed by atoms with Gasteiger partial charge in [0.1, 0.15) is 6.54 Å². The molecule has 0 unspecified atom stereocenters. The first-order chi connectivity index (χ1) is 13.3. The maximum Gasteiger partial charge on any atom is 0.254 e. The lowest BCUT2D eigenvalue weighted by atomic mass is 9.86. The highest BCUT2D eigenvalue weighted by atomic mass is 35.5. The van der Waals surface area contributed by atoms with Crippen LogP contribution >= 0.6 is 11.6 Å². The summed E-state index contributed by atoms with van der Waals surface area (Å²) < 4.78 is 5.34. The minimum atomic E-state index is -0.0609. The third-order valence-electron chi connectivity index (χ3n) is 4.56. The standard InChI is InChI=1S/C22H24ClN3O2/c1-5-26(21(27)16-6-10-17(11-7-16)22(2,3)4)14-19-24-20(25-28-19)15-8-12-18(23)13-9-15/h6-13H,5,14H2,1-4H3. The molecule has 0 aliphatic rings. The zero-order chi connectivity index (χ0) is 20.3. The molecule has 3 aromatic rings. The van der Waals surface area contributed by atoms with Gasteiger partial charge in [0.25, 0.3) is 5.91 Å². The van der Waals surface area contributed by atoms with E-state index in [9.17, 15) is 4.79 Å². The van der Waals surface area contributed by atoms with Crippen molar-refractivity contribution in [2.45, 2.75) is 39.7 Å². The summed E-state index contributed by atoms with van der Waals surface area (Å²) in [6.45, 7) is 9.18. The second-order valence-electron chi connectivity index (χ2n) is 7.67. The minimum Gasteiger partial charge on any atom is -0.337 e. The Morgan fingerprint density at radius 3 is 2.29 bits per heavy atom. The van der Waals surface area contributed by atoms with Crippen LogP contribution < -0.4 is 0 Å². The van der Waals surface area contributed by atoms with Crippen LogP contribution in [-0.4, -0.2) is 27.5 Å². The molecular formula is C22H24ClN3O2. The van der Waals surface area contributed by atoms with Gasteiger partial charge in [0, 0.05) is 22.7 Å². The maximum atomic E-state index is 12.9. The van der Waals surface area contributed by atoms with Crippen molar-refractivity contribution in [3.05, 3.63) is 70.6 Å². The van der Waals surface area contributed by atoms with E-state index in [0.29, 0.717) is 28.8 Å². The summed E-state index contributed by atoms with van der Waals surface area (Å²) in [7, 11) is 0. The highest BCUT2D eigenvalue weighted by Crippen LogP contribution is 2.23. The fraction of sp³-hybridized carbons (Fsp3) is 0.318. The van der Waals surface area contributed by atoms with Gasteiger partial charge < -0.3 is 9.42 Å². The fourth-order valence-corrected chi connectivity index (χ4v) is 2.95. The Labute approximate surface area is 170 Å². The largest absolute Gasteiger partial charge is 0.337 e. The Morgan fingerprint density at radius 1 is 1.07 bits per heavy atom. The lowest BCUT2D eigenvalue weighted by molar-refractivity contribution is 0.0734. The normalized spacial score (nSPS) is 11.5. The van der Waals surface area contributed by atoms with Crippen LogP contribution in [-0.2, 0) is 12.0 Å². The van der Waals surface area contributed by atoms with Crippen LogP contribution in [0.2, 0.25) is 5.02 Å². The van der Waals surface area contributed by atoms with Crippen molar-refractivity contribution in [3.8, 4) is 11.4 Å². The predicted molar refractivity (Wildman–Crippen MR) is 110 cm³/mol. The summed E-state index contributed by atoms with van der Waals surface area (Å²) in [6.07, 6.45) is 0. The van der Waals surface area contributed by atoms with Crippen molar-refractivity contribution >= 4 is 17.5 Å². The number of nitrogens with zero attached hydrogens (tertiary/aromatic N) is 3. The molecule has 5 nitrogen and oxygen atoms in total. The van der Waals surface area contributed by atoms with Gasteiger partial charge in [-0.2, -0.15) is 4.98 Å². The molecule has 28 heavy (non-hydrogen) atoms. The van der Waals surface area contributed by atoms with Crippen molar-refractivity contribution in [2.75, 3.05) is 6.54 Å². The van der Waals surface area contributed by atoms with Gasteiger partial charge in [-0.05, 0) is 54.3 Å². The van der Waals surface area contributed by atoms with E-state index in [2.05, 4.69) is 30.9 Å². The van der Waals surface area contributed by atoms with Crippen LogP contribution in [0.3, 0.4) is 0 Å². The lowest BCUT2D eigenvalue weighted by Gasteiger charge is -2.21. The van der Waals surface area contributed by atoms with Gasteiger partial charge in [-0.1, -0.05) is 49.7 Å². The highest BCUT2D eigenvalue weighted by Gasteiger charge is 2.20. The van der Waals surface area contributed by atoms with E-state index in [1.807, 2.05) is 43.3 Å². The summed E-state index contributed by atoms with van der Waals surface area (Å²) in [5, 5.41) is 4.65. The number of halogens is 1. The monoisotopic (exact) mass is 397 g/mol. The Balaban J connectivity index is 1.73. The Bertz CT molecular complexity index is 941. The molecule has 0 spiro atoms. The molecule has 0 saturated heterocycles. The van der Waals surface area contributed by atoms with Gasteiger partial charge in [0.2, 0.25) is 11.7 Å². The number of hydrogen-bond acceptors (Lipinski definition) is 4. The highest BCUT2D eigenvalue weighted by molar-refractivity contribution is 6.30. The first kappa shape index (κ1) is 20.1. The number of carbonyl (C=O) groups excluding carboxylic acids is 1. The molecule has 1 heterocycles. The average molecular weight is 398 g/mol. The Hall–Kier alpha value is -2.66. The number of aromatic nitrogens is 2. The summed E-state index contributed by atoms with van der Waals surface area (Å²) >= 11 is 5.91. The van der Waals surface area contributed by atoms with Crippen molar-refractivity contribution in [1.82, 2.24) is 15.0 Å². The minimum absolute atomic E-state index is 0.0495. The van der Waals surface area contributed by atoms with E-state index in [4.69, 9.17) is 16.1 Å². The molecule has 1 amide bonds. The van der Waals surface area contributed by atoms with Gasteiger partial charge in [-0.25, -0.2) is 0 Å². The SMILES string of the molecule is CCN(Cc1nc(-c2ccc(Cl)cc2)no1)C(=O)c1ccc(C(C)(C)C)cc1. The molecular weight excluding hydrogens is 374 g/mol. The van der Waals surface area contributed by atoms with Crippen LogP contribution in [0.1, 0.15) is 49.5 Å². The van der Waals surface area contributed by atoms with Crippen molar-refractivity contribution in [3.63, 3.8) is 0 Å². The molecule has 3 rings (SSSR count). The van der Waals surface area contributed by atoms with E-state index in [1.165, 1.54) is 5.56 Å². The van der Waals surface area contributed by atoms with Crippen LogP contribution in [0.15, 0.2) is 53.1 Å². The number of benzene rings is 2. The van der Waals surface area contributed by atoms with E-state index in [0.717, 1.165) is 5.56 Å². The molecule has 0 N–H and O–H groups in total. The smallest absolute Gasteiger partial charge is 0.254 e. The summed E-state index contributed by atoms with van der Waals surface area (Å²) in [6, 6.07) is 15.0. The van der Waals surface area contributed by atoms with Crippen molar-refractivity contribution in [1.29, 1.82) is 0 Å². The Kier molecular flexibility index (Phi) is 5.84. The average Bonchev–Trinajstić information content (AvgIpc) is 3.14. The first-order valence-corrected chi connectivity index (χ1v) is 9.64. The molecule has 2 aromatic carbocycles. The van der Waals surface area contributed by atoms with Crippen LogP contribution in [0.4, 0.5) is 0 Å². The molecule has 0 bridgehead atoms. The van der Waals surface area contributed by atoms with Gasteiger partial charge in [-0.3, -0.25) is 4.79 Å². The maximum absolute atomic E-state index is 12.9. The zero-order valence-corrected chi connectivity index (χ0v) is 17.3. The van der Waals surface area contributed by atoms with Crippen LogP contribution in [0, 0.1) is 0 Å². The molecule has 1 aromatic heterocycles. The summed E-state index contributed by atoms with van der Waals surface area (Å²) in [5.74, 6) is 0.811. The molecule has 0 fully saturated rings. The first-order valence-electron chi connectivity index (χ1n) is 9.26. The number of hydrogen-bond donors (Lipinski definition) is 0. The van der Waals surface area contributed by atoms with Crippen LogP contribution in [0.5, 0.6) is 0 Å². The van der Waals surface area contributed by atoms with E-state index >= 15 is 0 Å². The second-order valence-corrected chi connectivity index (χ2v) is 8.10. The quantitative estimate of drug-likeness (QED) is 0.582. The van der Waals surface area contributed by atoms with Gasteiger partial charge in [0.15, 0.2) is 0 Å². The number of rotatable bonds is 5. The van der Waals surface area contributed by atoms with Crippen molar-refractivity contribution in [2.24, 2.45) is 0 Å². The number of amides is 1. The molecule has 0 saturated carbocycles. The third-order valence-corrected chi connectivity index (χ3v) is 4.82. The molecule has 0 atom stereocenters. The molecule has 6 heteroatoms. The Morgan fingerprint density at radius 2 is 1.71 bits per heavy atom. The van der Waals surface area contributed by atoms with E-state index < -0.39 is 0 Å². The van der Waals surface area contributed by atoms with Crippen LogP contribution in [0.25, 0.3) is 11.4 Å². The van der Waals surface area contributed by atoms with E-state index in [-0.39, 0.29) is 17.9 Å². The summed E-state index contributed by atoms with van der Waals surface area (Å²) in [5.41, 5.74) is 2.70. The predicted octanol–water partition coefficient (Wildman–Crippen LogP) is 5.35. The summed E-state index contributed by atoms with van der Waals surface area (Å²) in [4.78, 5) is 19.0. The van der Waals surface area contributed by atoms with Gasteiger partial charge in [-0.15, -0.1) is 0 Å². The van der Waals surface area contributed by atoms with Gasteiger partial charge >= 0.3 is 0 Å². The van der Waals surface area contributed by atoms with Crippen molar-refractivity contribution < 1.29 is 9.32 Å². The topological polar surface area (TPSA) is 59.2 Å². The molecule has 0 radical (unpaired) electrons. The third kappa shape index (κ3) is 4.60. The van der Waals surface area contributed by atoms with E-state index in [1.54, 1.807) is 17.0 Å². The second kappa shape index (κ2) is 8.15. The van der Waals surface area contributed by atoms with Gasteiger partial charge in [0.05, 0.1) is 0 Å². The molecule has 146 valence electrons. The zero-order valence-electron chi connectivity index (χ0n) is 16.6. The number of carbonyl (C=O) groups is 1. The lowest BCUT2D eigenvalue weighted by Crippen LogP contribution is -2.30. The molecule has 0 aliphatic heterocycles. The fourth-order valence-electron chi connectivity index (χ4n) is 2.82.